The van der Waals surface area contributed by atoms with Gasteiger partial charge in [-0.05, 0) is 49.6 Å². The molecule has 3 aromatic heterocycles. The Morgan fingerprint density at radius 1 is 1.15 bits per heavy atom. The molecule has 2 saturated heterocycles. The number of anilines is 3. The number of halogens is 4. The molecule has 5 aromatic rings. The predicted molar refractivity (Wildman–Crippen MR) is 172 cm³/mol. The molecule has 0 spiro atoms. The number of benzene rings is 2. The van der Waals surface area contributed by atoms with Crippen LogP contribution in [0.4, 0.5) is 29.7 Å². The molecular weight excluding hydrogens is 639 g/mol. The second-order valence-electron chi connectivity index (χ2n) is 11.2. The highest BCUT2D eigenvalue weighted by Crippen LogP contribution is 2.51. The number of rotatable bonds is 3. The van der Waals surface area contributed by atoms with Gasteiger partial charge in [-0.2, -0.15) is 15.2 Å². The fourth-order valence-corrected chi connectivity index (χ4v) is 7.83. The van der Waals surface area contributed by atoms with E-state index in [1.165, 1.54) is 32.1 Å². The molecule has 0 saturated carbocycles. The van der Waals surface area contributed by atoms with E-state index in [9.17, 15) is 14.0 Å². The third-order valence-corrected chi connectivity index (χ3v) is 9.96. The van der Waals surface area contributed by atoms with Crippen LogP contribution in [0.15, 0.2) is 36.7 Å². The monoisotopic (exact) mass is 665 g/mol. The van der Waals surface area contributed by atoms with Gasteiger partial charge in [0.1, 0.15) is 35.2 Å². The molecule has 8 rings (SSSR count). The summed E-state index contributed by atoms with van der Waals surface area (Å²) in [5.41, 5.74) is 6.79. The highest BCUT2D eigenvalue weighted by molar-refractivity contribution is 7.23. The minimum Gasteiger partial charge on any atom is -0.489 e. The second kappa shape index (κ2) is 12.1. The number of nitriles is 1. The van der Waals surface area contributed by atoms with Crippen LogP contribution in [0.2, 0.25) is 5.02 Å². The summed E-state index contributed by atoms with van der Waals surface area (Å²) in [6.07, 6.45) is 6.08. The number of pyridine rings is 1. The third-order valence-electron chi connectivity index (χ3n) is 8.58. The first kappa shape index (κ1) is 30.3. The molecule has 9 nitrogen and oxygen atoms in total. The van der Waals surface area contributed by atoms with Gasteiger partial charge in [0.2, 0.25) is 0 Å². The molecule has 2 unspecified atom stereocenters. The number of fused-ring (bicyclic) bond motifs is 2. The summed E-state index contributed by atoms with van der Waals surface area (Å²) >= 11 is 7.74. The Morgan fingerprint density at radius 3 is 2.70 bits per heavy atom. The van der Waals surface area contributed by atoms with Crippen molar-refractivity contribution in [3.63, 3.8) is 0 Å². The maximum Gasteiger partial charge on any atom is 0.318 e. The molecule has 14 heteroatoms. The minimum absolute atomic E-state index is 0.0432. The van der Waals surface area contributed by atoms with Crippen LogP contribution >= 0.6 is 22.9 Å². The van der Waals surface area contributed by atoms with Crippen LogP contribution in [0.1, 0.15) is 24.8 Å². The molecule has 6 heterocycles. The first-order valence-electron chi connectivity index (χ1n) is 14.7. The number of nitrogens with two attached hydrogens (primary N) is 1. The number of aromatic nitrogens is 3. The highest BCUT2D eigenvalue weighted by Gasteiger charge is 2.35. The molecular formula is C32H27ClF3N7O2S. The highest BCUT2D eigenvalue weighted by atomic mass is 35.5. The van der Waals surface area contributed by atoms with Gasteiger partial charge in [0.05, 0.1) is 34.3 Å². The van der Waals surface area contributed by atoms with E-state index in [0.29, 0.717) is 24.9 Å². The van der Waals surface area contributed by atoms with E-state index >= 15 is 4.39 Å². The zero-order valence-electron chi connectivity index (χ0n) is 24.6. The topological polar surface area (TPSA) is 113 Å². The number of nitrogens with zero attached hydrogens (tertiary/aromatic N) is 6. The first-order valence-corrected chi connectivity index (χ1v) is 15.9. The summed E-state index contributed by atoms with van der Waals surface area (Å²) in [6.45, 7) is 2.41. The fraction of sp³-hybridized carbons (Fsp3) is 0.312. The average Bonchev–Trinajstić information content (AvgIpc) is 3.70. The first-order chi connectivity index (χ1) is 22.3. The Kier molecular flexibility index (Phi) is 7.96. The molecule has 2 aromatic carbocycles. The van der Waals surface area contributed by atoms with Crippen LogP contribution in [-0.4, -0.2) is 65.4 Å². The van der Waals surface area contributed by atoms with Crippen LogP contribution in [0.3, 0.4) is 0 Å². The van der Waals surface area contributed by atoms with Crippen molar-refractivity contribution in [1.82, 2.24) is 19.9 Å². The lowest BCUT2D eigenvalue weighted by Crippen LogP contribution is -2.22. The molecule has 2 fully saturated rings. The fourth-order valence-electron chi connectivity index (χ4n) is 6.55. The minimum atomic E-state index is -0.799. The lowest BCUT2D eigenvalue weighted by atomic mass is 9.96. The molecule has 3 aliphatic rings. The van der Waals surface area contributed by atoms with E-state index in [2.05, 4.69) is 19.9 Å². The lowest BCUT2D eigenvalue weighted by molar-refractivity contribution is 0.292. The van der Waals surface area contributed by atoms with Crippen molar-refractivity contribution in [1.29, 1.82) is 5.26 Å². The van der Waals surface area contributed by atoms with Gasteiger partial charge in [-0.25, -0.2) is 13.2 Å². The third kappa shape index (κ3) is 5.01. The van der Waals surface area contributed by atoms with Gasteiger partial charge in [-0.3, -0.25) is 9.88 Å². The summed E-state index contributed by atoms with van der Waals surface area (Å²) in [5.74, 6) is -0.869. The average molecular weight is 666 g/mol. The summed E-state index contributed by atoms with van der Waals surface area (Å²) < 4.78 is 55.2. The quantitative estimate of drug-likeness (QED) is 0.217. The maximum atomic E-state index is 16.5. The van der Waals surface area contributed by atoms with Crippen LogP contribution in [0, 0.1) is 23.0 Å². The van der Waals surface area contributed by atoms with E-state index in [-0.39, 0.29) is 66.1 Å². The van der Waals surface area contributed by atoms with Crippen molar-refractivity contribution in [2.45, 2.75) is 31.5 Å². The van der Waals surface area contributed by atoms with Crippen molar-refractivity contribution in [3.8, 4) is 29.0 Å². The molecule has 236 valence electrons. The zero-order chi connectivity index (χ0) is 32.1. The smallest absolute Gasteiger partial charge is 0.318 e. The van der Waals surface area contributed by atoms with E-state index in [0.717, 1.165) is 30.0 Å². The Labute approximate surface area is 270 Å². The second-order valence-corrected chi connectivity index (χ2v) is 12.6. The van der Waals surface area contributed by atoms with Gasteiger partial charge in [0.15, 0.2) is 17.4 Å². The lowest BCUT2D eigenvalue weighted by Gasteiger charge is -2.23. The standard InChI is InChI=1S/C25H15ClF2N6O2S.C7H12FN/c1-35-25-32-20-17-21(36-9-8-34(24(17)33-25)11-4-6-31-7-5-11)18(26)16(19(20)28)12-2-3-14(27)22-15(12)13(10-29)23(30)37-22;8-6-4-7-2-1-3-9(7)5-6/h2-7H,8-9,30H2,1H3;6-7H,1-5H2. The van der Waals surface area contributed by atoms with Gasteiger partial charge in [-0.15, -0.1) is 11.3 Å². The molecule has 3 aliphatic heterocycles. The molecule has 0 aliphatic carbocycles. The SMILES string of the molecule is COc1nc2c3c(c(Cl)c(-c4ccc(F)c5sc(N)c(C#N)c45)c(F)c3n1)OCCN2c1ccncc1.FC1CC2CCCN2C1. The maximum absolute atomic E-state index is 16.5. The Hall–Kier alpha value is -4.38. The van der Waals surface area contributed by atoms with Gasteiger partial charge in [-0.1, -0.05) is 17.7 Å². The molecule has 46 heavy (non-hydrogen) atoms. The largest absolute Gasteiger partial charge is 0.489 e. The van der Waals surface area contributed by atoms with Crippen molar-refractivity contribution < 1.29 is 22.6 Å². The summed E-state index contributed by atoms with van der Waals surface area (Å²) in [5, 5.41) is 10.2. The van der Waals surface area contributed by atoms with Gasteiger partial charge in [0.25, 0.3) is 0 Å². The Bertz CT molecular complexity index is 2010. The van der Waals surface area contributed by atoms with Crippen molar-refractivity contribution in [2.24, 2.45) is 0 Å². The number of thiophene rings is 1. The summed E-state index contributed by atoms with van der Waals surface area (Å²) in [7, 11) is 1.38. The normalized spacial score (nSPS) is 18.9. The summed E-state index contributed by atoms with van der Waals surface area (Å²) in [6, 6.07) is 8.67. The molecule has 0 bridgehead atoms. The number of hydrogen-bond donors (Lipinski definition) is 1. The zero-order valence-corrected chi connectivity index (χ0v) is 26.1. The number of methoxy groups -OCH3 is 1. The number of nitrogen functional groups attached to an aromatic ring is 1. The number of alkyl halides is 1. The number of hydrogen-bond acceptors (Lipinski definition) is 10. The van der Waals surface area contributed by atoms with Crippen LogP contribution in [0.5, 0.6) is 11.8 Å². The van der Waals surface area contributed by atoms with Crippen LogP contribution < -0.4 is 20.1 Å². The Balaban J connectivity index is 0.000000321. The predicted octanol–water partition coefficient (Wildman–Crippen LogP) is 7.02. The molecule has 0 radical (unpaired) electrons. The van der Waals surface area contributed by atoms with Crippen molar-refractivity contribution in [2.75, 3.05) is 44.0 Å². The van der Waals surface area contributed by atoms with Gasteiger partial charge < -0.3 is 20.1 Å². The molecule has 2 atom stereocenters. The van der Waals surface area contributed by atoms with Crippen LogP contribution in [0.25, 0.3) is 32.1 Å². The van der Waals surface area contributed by atoms with Gasteiger partial charge in [0, 0.05) is 41.6 Å². The van der Waals surface area contributed by atoms with E-state index in [4.69, 9.17) is 26.8 Å². The van der Waals surface area contributed by atoms with E-state index in [1.807, 2.05) is 11.0 Å². The number of ether oxygens (including phenoxy) is 2. The van der Waals surface area contributed by atoms with Crippen LogP contribution in [-0.2, 0) is 0 Å². The molecule has 0 amide bonds. The van der Waals surface area contributed by atoms with Gasteiger partial charge >= 0.3 is 6.01 Å². The molecule has 2 N–H and O–H groups in total. The summed E-state index contributed by atoms with van der Waals surface area (Å²) in [4.78, 5) is 17.0. The van der Waals surface area contributed by atoms with E-state index in [1.54, 1.807) is 24.5 Å². The Morgan fingerprint density at radius 2 is 1.96 bits per heavy atom. The van der Waals surface area contributed by atoms with Crippen molar-refractivity contribution >= 4 is 60.4 Å². The van der Waals surface area contributed by atoms with E-state index < -0.39 is 17.8 Å². The van der Waals surface area contributed by atoms with Crippen molar-refractivity contribution in [3.05, 3.63) is 58.9 Å².